The molecule has 1 saturated carbocycles. The Morgan fingerprint density at radius 2 is 1.72 bits per heavy atom. The number of hydrogen-bond donors (Lipinski definition) is 2. The average Bonchev–Trinajstić information content (AvgIpc) is 3.29. The molecule has 1 amide bonds. The number of carboxylic acid groups (broad SMARTS) is 1. The van der Waals surface area contributed by atoms with Crippen LogP contribution >= 0.6 is 11.6 Å². The highest BCUT2D eigenvalue weighted by atomic mass is 35.5. The maximum atomic E-state index is 13.0. The molecule has 2 atom stereocenters. The molecular weight excluding hydrogens is 493 g/mol. The Labute approximate surface area is 213 Å². The first-order valence-corrected chi connectivity index (χ1v) is 12.7. The molecule has 2 aromatic carbocycles. The molecule has 2 aliphatic rings. The molecule has 1 aliphatic carbocycles. The average molecular weight is 523 g/mol. The Balaban J connectivity index is 1.28. The number of carboxylic acids is 1. The van der Waals surface area contributed by atoms with Gasteiger partial charge in [-0.25, -0.2) is 4.79 Å². The summed E-state index contributed by atoms with van der Waals surface area (Å²) in [6.07, 6.45) is 1.21. The zero-order chi connectivity index (χ0) is 25.9. The molecule has 0 spiro atoms. The number of halogens is 4. The molecule has 1 heterocycles. The summed E-state index contributed by atoms with van der Waals surface area (Å²) in [6, 6.07) is 10.1. The van der Waals surface area contributed by atoms with Gasteiger partial charge in [-0.15, -0.1) is 0 Å². The summed E-state index contributed by atoms with van der Waals surface area (Å²) in [5.74, 6) is -0.779. The number of hydrogen-bond acceptors (Lipinski definition) is 3. The van der Waals surface area contributed by atoms with Crippen LogP contribution in [0.5, 0.6) is 0 Å². The molecule has 0 aromatic heterocycles. The van der Waals surface area contributed by atoms with Crippen LogP contribution in [-0.4, -0.2) is 36.1 Å². The van der Waals surface area contributed by atoms with Gasteiger partial charge in [-0.1, -0.05) is 18.0 Å². The number of carbonyl (C=O) groups is 2. The van der Waals surface area contributed by atoms with Crippen LogP contribution < -0.4 is 10.2 Å². The van der Waals surface area contributed by atoms with E-state index < -0.39 is 17.7 Å². The monoisotopic (exact) mass is 522 g/mol. The first kappa shape index (κ1) is 26.3. The third-order valence-corrected chi connectivity index (χ3v) is 7.73. The number of carbonyl (C=O) groups excluding carboxylic acids is 1. The van der Waals surface area contributed by atoms with Gasteiger partial charge in [0.05, 0.1) is 11.1 Å². The Hall–Kier alpha value is -2.74. The van der Waals surface area contributed by atoms with Crippen LogP contribution in [0.4, 0.5) is 18.9 Å². The van der Waals surface area contributed by atoms with Crippen LogP contribution in [0, 0.1) is 11.8 Å². The third-order valence-electron chi connectivity index (χ3n) is 7.49. The molecule has 36 heavy (non-hydrogen) atoms. The second kappa shape index (κ2) is 11.1. The lowest BCUT2D eigenvalue weighted by molar-refractivity contribution is -0.137. The van der Waals surface area contributed by atoms with Crippen LogP contribution in [0.25, 0.3) is 0 Å². The molecule has 4 rings (SSSR count). The second-order valence-corrected chi connectivity index (χ2v) is 10.2. The lowest BCUT2D eigenvalue weighted by Crippen LogP contribution is -2.45. The fraction of sp³-hybridized carbons (Fsp3) is 0.481. The number of amides is 1. The summed E-state index contributed by atoms with van der Waals surface area (Å²) in [5, 5.41) is 13.2. The van der Waals surface area contributed by atoms with Crippen molar-refractivity contribution in [2.75, 3.05) is 18.0 Å². The predicted octanol–water partition coefficient (Wildman–Crippen LogP) is 6.19. The number of aromatic carboxylic acids is 1. The van der Waals surface area contributed by atoms with Crippen LogP contribution in [0.3, 0.4) is 0 Å². The standard InChI is InChI=1S/C27H30ClF3N2O3/c28-21-8-11-23(26(35)36)19(16-21)5-4-17-2-1-3-24(17)32-25(34)18-12-14-33(15-13-18)22-9-6-20(7-10-22)27(29,30)31/h6-11,16-18,24H,1-5,12-15H2,(H,32,34)(H,35,36)/t17-,24-/m0/s1. The van der Waals surface area contributed by atoms with Crippen LogP contribution in [0.15, 0.2) is 42.5 Å². The topological polar surface area (TPSA) is 69.6 Å². The van der Waals surface area contributed by atoms with Crippen LogP contribution in [-0.2, 0) is 17.4 Å². The highest BCUT2D eigenvalue weighted by Crippen LogP contribution is 2.33. The molecule has 0 bridgehead atoms. The van der Waals surface area contributed by atoms with E-state index in [9.17, 15) is 27.9 Å². The van der Waals surface area contributed by atoms with E-state index in [1.54, 1.807) is 12.1 Å². The SMILES string of the molecule is O=C(O)c1ccc(Cl)cc1CC[C@@H]1CCC[C@@H]1NC(=O)C1CCN(c2ccc(C(F)(F)F)cc2)CC1. The number of aryl methyl sites for hydroxylation is 1. The van der Waals surface area contributed by atoms with Crippen molar-refractivity contribution in [2.24, 2.45) is 11.8 Å². The van der Waals surface area contributed by atoms with Gasteiger partial charge in [0.25, 0.3) is 0 Å². The predicted molar refractivity (Wildman–Crippen MR) is 132 cm³/mol. The van der Waals surface area contributed by atoms with E-state index in [2.05, 4.69) is 5.32 Å². The van der Waals surface area contributed by atoms with E-state index in [4.69, 9.17) is 11.6 Å². The molecule has 0 radical (unpaired) electrons. The van der Waals surface area contributed by atoms with Crippen molar-refractivity contribution >= 4 is 29.2 Å². The van der Waals surface area contributed by atoms with Crippen molar-refractivity contribution in [3.63, 3.8) is 0 Å². The zero-order valence-electron chi connectivity index (χ0n) is 19.9. The van der Waals surface area contributed by atoms with Gasteiger partial charge in [0.15, 0.2) is 0 Å². The van der Waals surface area contributed by atoms with Crippen LogP contribution in [0.1, 0.15) is 60.0 Å². The molecule has 5 nitrogen and oxygen atoms in total. The third kappa shape index (κ3) is 6.33. The van der Waals surface area contributed by atoms with Gasteiger partial charge >= 0.3 is 12.1 Å². The van der Waals surface area contributed by atoms with Gasteiger partial charge < -0.3 is 15.3 Å². The fourth-order valence-electron chi connectivity index (χ4n) is 5.45. The minimum atomic E-state index is -4.35. The smallest absolute Gasteiger partial charge is 0.416 e. The summed E-state index contributed by atoms with van der Waals surface area (Å²) < 4.78 is 38.4. The molecule has 0 unspecified atom stereocenters. The summed E-state index contributed by atoms with van der Waals surface area (Å²) in [6.45, 7) is 1.23. The highest BCUT2D eigenvalue weighted by Gasteiger charge is 2.33. The molecule has 194 valence electrons. The van der Waals surface area contributed by atoms with E-state index in [1.165, 1.54) is 18.2 Å². The van der Waals surface area contributed by atoms with Crippen molar-refractivity contribution in [3.8, 4) is 0 Å². The summed E-state index contributed by atoms with van der Waals surface area (Å²) >= 11 is 6.08. The van der Waals surface area contributed by atoms with E-state index in [-0.39, 0.29) is 29.3 Å². The van der Waals surface area contributed by atoms with Gasteiger partial charge in [0.2, 0.25) is 5.91 Å². The minimum Gasteiger partial charge on any atom is -0.478 e. The molecular formula is C27H30ClF3N2O3. The van der Waals surface area contributed by atoms with E-state index >= 15 is 0 Å². The molecule has 2 N–H and O–H groups in total. The normalized spacial score (nSPS) is 20.9. The Bertz CT molecular complexity index is 1080. The largest absolute Gasteiger partial charge is 0.478 e. The first-order valence-electron chi connectivity index (χ1n) is 12.4. The molecule has 1 saturated heterocycles. The minimum absolute atomic E-state index is 0.0351. The molecule has 2 fully saturated rings. The summed E-state index contributed by atoms with van der Waals surface area (Å²) in [5.41, 5.74) is 1.04. The number of benzene rings is 2. The van der Waals surface area contributed by atoms with E-state index in [0.29, 0.717) is 42.9 Å². The Morgan fingerprint density at radius 1 is 1.03 bits per heavy atom. The Morgan fingerprint density at radius 3 is 2.36 bits per heavy atom. The quantitative estimate of drug-likeness (QED) is 0.455. The van der Waals surface area contributed by atoms with Gasteiger partial charge in [0.1, 0.15) is 0 Å². The van der Waals surface area contributed by atoms with Gasteiger partial charge in [-0.2, -0.15) is 13.2 Å². The van der Waals surface area contributed by atoms with Gasteiger partial charge in [-0.3, -0.25) is 4.79 Å². The molecule has 9 heteroatoms. The highest BCUT2D eigenvalue weighted by molar-refractivity contribution is 6.30. The number of nitrogens with zero attached hydrogens (tertiary/aromatic N) is 1. The fourth-order valence-corrected chi connectivity index (χ4v) is 5.65. The second-order valence-electron chi connectivity index (χ2n) is 9.76. The number of rotatable bonds is 7. The maximum Gasteiger partial charge on any atom is 0.416 e. The van der Waals surface area contributed by atoms with Crippen molar-refractivity contribution in [3.05, 3.63) is 64.2 Å². The van der Waals surface area contributed by atoms with Gasteiger partial charge in [0, 0.05) is 35.8 Å². The van der Waals surface area contributed by atoms with E-state index in [0.717, 1.165) is 43.5 Å². The zero-order valence-corrected chi connectivity index (χ0v) is 20.6. The first-order chi connectivity index (χ1) is 17.1. The van der Waals surface area contributed by atoms with Crippen molar-refractivity contribution in [2.45, 2.75) is 57.2 Å². The number of piperidine rings is 1. The Kier molecular flexibility index (Phi) is 8.13. The lowest BCUT2D eigenvalue weighted by Gasteiger charge is -2.34. The maximum absolute atomic E-state index is 13.0. The number of alkyl halides is 3. The number of nitrogens with one attached hydrogen (secondary N) is 1. The van der Waals surface area contributed by atoms with Crippen LogP contribution in [0.2, 0.25) is 5.02 Å². The lowest BCUT2D eigenvalue weighted by atomic mass is 9.91. The summed E-state index contributed by atoms with van der Waals surface area (Å²) in [7, 11) is 0. The molecule has 1 aliphatic heterocycles. The van der Waals surface area contributed by atoms with E-state index in [1.807, 2.05) is 4.90 Å². The number of anilines is 1. The van der Waals surface area contributed by atoms with Crippen molar-refractivity contribution in [1.29, 1.82) is 0 Å². The van der Waals surface area contributed by atoms with Gasteiger partial charge in [-0.05, 0) is 92.5 Å². The van der Waals surface area contributed by atoms with Crippen molar-refractivity contribution < 1.29 is 27.9 Å². The summed E-state index contributed by atoms with van der Waals surface area (Å²) in [4.78, 5) is 26.6. The molecule has 2 aromatic rings. The van der Waals surface area contributed by atoms with Crippen molar-refractivity contribution in [1.82, 2.24) is 5.32 Å².